The molecule has 1 aliphatic rings. The highest BCUT2D eigenvalue weighted by Crippen LogP contribution is 2.45. The Hall–Kier alpha value is -2.90. The molecule has 8 heteroatoms. The number of carbonyl (C=O) groups excluding carboxylic acids is 1. The minimum absolute atomic E-state index is 0.241. The number of nitrogens with one attached hydrogen (secondary N) is 1. The van der Waals surface area contributed by atoms with Crippen molar-refractivity contribution in [2.75, 3.05) is 0 Å². The third-order valence-electron chi connectivity index (χ3n) is 9.32. The lowest BCUT2D eigenvalue weighted by Crippen LogP contribution is -2.37. The molecule has 7 nitrogen and oxygen atoms in total. The number of carbonyl (C=O) groups is 1. The number of rotatable bonds is 15. The number of hydrogen-bond acceptors (Lipinski definition) is 5. The van der Waals surface area contributed by atoms with Gasteiger partial charge in [0.15, 0.2) is 0 Å². The fourth-order valence-corrected chi connectivity index (χ4v) is 6.30. The van der Waals surface area contributed by atoms with Crippen LogP contribution in [0.25, 0.3) is 0 Å². The SMILES string of the molecule is Cc1c(C)c2c(c(C)c1OC(=O)Cn1cc(F)c(=O)[nH]c1=O)CCC(C)(CCCC(C)CCCC(C)CCCC(C)C)O2. The molecule has 0 saturated carbocycles. The maximum atomic E-state index is 13.6. The topological polar surface area (TPSA) is 90.4 Å². The molecule has 1 aromatic heterocycles. The van der Waals surface area contributed by atoms with Gasteiger partial charge in [0.25, 0.3) is 5.56 Å². The van der Waals surface area contributed by atoms with Crippen molar-refractivity contribution >= 4 is 5.97 Å². The lowest BCUT2D eigenvalue weighted by Gasteiger charge is -2.38. The first kappa shape index (κ1) is 34.6. The number of aromatic nitrogens is 2. The zero-order valence-corrected chi connectivity index (χ0v) is 27.7. The van der Waals surface area contributed by atoms with Crippen LogP contribution in [-0.4, -0.2) is 21.1 Å². The van der Waals surface area contributed by atoms with E-state index < -0.39 is 29.6 Å². The summed E-state index contributed by atoms with van der Waals surface area (Å²) >= 11 is 0. The van der Waals surface area contributed by atoms with Gasteiger partial charge < -0.3 is 9.47 Å². The highest BCUT2D eigenvalue weighted by molar-refractivity contribution is 5.74. The largest absolute Gasteiger partial charge is 0.487 e. The Morgan fingerprint density at radius 1 is 0.977 bits per heavy atom. The molecule has 43 heavy (non-hydrogen) atoms. The van der Waals surface area contributed by atoms with E-state index in [-0.39, 0.29) is 5.60 Å². The number of fused-ring (bicyclic) bond motifs is 1. The molecule has 0 radical (unpaired) electrons. The summed E-state index contributed by atoms with van der Waals surface area (Å²) in [6.07, 6.45) is 13.7. The fraction of sp³-hybridized carbons (Fsp3) is 0.686. The molecule has 0 saturated heterocycles. The second-order valence-corrected chi connectivity index (χ2v) is 13.8. The van der Waals surface area contributed by atoms with Crippen molar-refractivity contribution in [1.29, 1.82) is 0 Å². The number of H-pyrrole nitrogens is 1. The molecule has 0 spiro atoms. The van der Waals surface area contributed by atoms with Crippen molar-refractivity contribution < 1.29 is 18.7 Å². The molecular formula is C35H53FN2O5. The Labute approximate surface area is 256 Å². The van der Waals surface area contributed by atoms with Crippen LogP contribution in [0, 0.1) is 44.3 Å². The third kappa shape index (κ3) is 9.54. The quantitative estimate of drug-likeness (QED) is 0.167. The van der Waals surface area contributed by atoms with Crippen LogP contribution in [0.2, 0.25) is 0 Å². The van der Waals surface area contributed by atoms with Crippen LogP contribution in [-0.2, 0) is 17.8 Å². The highest BCUT2D eigenvalue weighted by atomic mass is 19.1. The summed E-state index contributed by atoms with van der Waals surface area (Å²) in [6.45, 7) is 16.9. The van der Waals surface area contributed by atoms with E-state index in [1.54, 1.807) is 0 Å². The third-order valence-corrected chi connectivity index (χ3v) is 9.32. The van der Waals surface area contributed by atoms with E-state index in [9.17, 15) is 18.8 Å². The molecule has 0 fully saturated rings. The van der Waals surface area contributed by atoms with Gasteiger partial charge in [0, 0.05) is 5.56 Å². The van der Waals surface area contributed by atoms with Crippen LogP contribution >= 0.6 is 0 Å². The lowest BCUT2D eigenvalue weighted by atomic mass is 9.83. The van der Waals surface area contributed by atoms with Gasteiger partial charge in [0.05, 0.1) is 6.20 Å². The van der Waals surface area contributed by atoms with E-state index in [4.69, 9.17) is 9.47 Å². The molecule has 240 valence electrons. The molecule has 1 N–H and O–H groups in total. The lowest BCUT2D eigenvalue weighted by molar-refractivity contribution is -0.135. The van der Waals surface area contributed by atoms with Gasteiger partial charge in [0.2, 0.25) is 5.82 Å². The Kier molecular flexibility index (Phi) is 12.2. The summed E-state index contributed by atoms with van der Waals surface area (Å²) in [7, 11) is 0. The first-order valence-corrected chi connectivity index (χ1v) is 16.2. The smallest absolute Gasteiger partial charge is 0.331 e. The number of halogens is 1. The number of nitrogens with zero attached hydrogens (tertiary/aromatic N) is 1. The summed E-state index contributed by atoms with van der Waals surface area (Å²) in [6, 6.07) is 0. The zero-order chi connectivity index (χ0) is 31.9. The summed E-state index contributed by atoms with van der Waals surface area (Å²) in [5.74, 6) is 1.79. The number of esters is 1. The Morgan fingerprint density at radius 3 is 2.21 bits per heavy atom. The van der Waals surface area contributed by atoms with E-state index in [1.165, 1.54) is 44.9 Å². The molecule has 2 heterocycles. The van der Waals surface area contributed by atoms with Crippen molar-refractivity contribution in [3.8, 4) is 11.5 Å². The molecule has 0 amide bonds. The van der Waals surface area contributed by atoms with Crippen LogP contribution in [0.1, 0.15) is 121 Å². The van der Waals surface area contributed by atoms with Crippen molar-refractivity contribution in [1.82, 2.24) is 9.55 Å². The van der Waals surface area contributed by atoms with E-state index in [1.807, 2.05) is 25.8 Å². The first-order valence-electron chi connectivity index (χ1n) is 16.2. The van der Waals surface area contributed by atoms with Crippen molar-refractivity contribution in [3.63, 3.8) is 0 Å². The molecule has 0 bridgehead atoms. The highest BCUT2D eigenvalue weighted by Gasteiger charge is 2.35. The predicted octanol–water partition coefficient (Wildman–Crippen LogP) is 7.73. The van der Waals surface area contributed by atoms with E-state index in [0.29, 0.717) is 17.9 Å². The average molecular weight is 601 g/mol. The summed E-state index contributed by atoms with van der Waals surface area (Å²) in [5.41, 5.74) is 1.35. The minimum atomic E-state index is -1.14. The second-order valence-electron chi connectivity index (χ2n) is 13.8. The van der Waals surface area contributed by atoms with Gasteiger partial charge in [-0.15, -0.1) is 0 Å². The number of aromatic amines is 1. The van der Waals surface area contributed by atoms with Gasteiger partial charge in [-0.05, 0) is 87.8 Å². The first-order chi connectivity index (χ1) is 20.2. The standard InChI is InChI=1S/C35H53FN2O5/c1-22(2)12-9-13-23(3)14-10-15-24(4)16-11-18-35(8)19-17-28-27(7)31(25(5)26(6)32(28)43-35)42-30(39)21-38-20-29(36)33(40)37-34(38)41/h20,22-24H,9-19,21H2,1-8H3,(H,37,40,41). The molecule has 1 aromatic carbocycles. The maximum absolute atomic E-state index is 13.6. The van der Waals surface area contributed by atoms with Gasteiger partial charge in [-0.1, -0.05) is 72.6 Å². The normalized spacial score (nSPS) is 17.8. The van der Waals surface area contributed by atoms with Gasteiger partial charge >= 0.3 is 11.7 Å². The molecule has 2 aromatic rings. The zero-order valence-electron chi connectivity index (χ0n) is 27.7. The monoisotopic (exact) mass is 600 g/mol. The Bertz CT molecular complexity index is 1380. The summed E-state index contributed by atoms with van der Waals surface area (Å²) < 4.78 is 26.8. The molecule has 3 atom stereocenters. The molecule has 3 rings (SSSR count). The van der Waals surface area contributed by atoms with Crippen molar-refractivity contribution in [2.24, 2.45) is 17.8 Å². The minimum Gasteiger partial charge on any atom is -0.487 e. The summed E-state index contributed by atoms with van der Waals surface area (Å²) in [5, 5.41) is 0. The molecular weight excluding hydrogens is 547 g/mol. The molecule has 1 aliphatic heterocycles. The number of hydrogen-bond donors (Lipinski definition) is 1. The van der Waals surface area contributed by atoms with Gasteiger partial charge in [-0.25, -0.2) is 9.59 Å². The van der Waals surface area contributed by atoms with E-state index in [0.717, 1.165) is 70.1 Å². The molecule has 3 unspecified atom stereocenters. The van der Waals surface area contributed by atoms with Gasteiger partial charge in [-0.2, -0.15) is 4.39 Å². The van der Waals surface area contributed by atoms with Crippen LogP contribution in [0.15, 0.2) is 15.8 Å². The average Bonchev–Trinajstić information content (AvgIpc) is 2.92. The predicted molar refractivity (Wildman–Crippen MR) is 170 cm³/mol. The molecule has 0 aliphatic carbocycles. The van der Waals surface area contributed by atoms with Gasteiger partial charge in [-0.3, -0.25) is 14.3 Å². The Balaban J connectivity index is 1.55. The van der Waals surface area contributed by atoms with Crippen LogP contribution in [0.3, 0.4) is 0 Å². The maximum Gasteiger partial charge on any atom is 0.331 e. The van der Waals surface area contributed by atoms with Crippen LogP contribution in [0.4, 0.5) is 4.39 Å². The van der Waals surface area contributed by atoms with E-state index >= 15 is 0 Å². The number of benzene rings is 1. The van der Waals surface area contributed by atoms with Crippen LogP contribution < -0.4 is 20.7 Å². The van der Waals surface area contributed by atoms with Crippen LogP contribution in [0.5, 0.6) is 11.5 Å². The fourth-order valence-electron chi connectivity index (χ4n) is 6.30. The van der Waals surface area contributed by atoms with Crippen molar-refractivity contribution in [3.05, 3.63) is 55.1 Å². The second kappa shape index (κ2) is 15.2. The Morgan fingerprint density at radius 2 is 1.58 bits per heavy atom. The van der Waals surface area contributed by atoms with Gasteiger partial charge in [0.1, 0.15) is 23.6 Å². The number of ether oxygens (including phenoxy) is 2. The van der Waals surface area contributed by atoms with Crippen molar-refractivity contribution in [2.45, 2.75) is 138 Å². The van der Waals surface area contributed by atoms with E-state index in [2.05, 4.69) is 34.6 Å². The summed E-state index contributed by atoms with van der Waals surface area (Å²) in [4.78, 5) is 37.8.